The van der Waals surface area contributed by atoms with Crippen LogP contribution in [0.25, 0.3) is 0 Å². The van der Waals surface area contributed by atoms with Crippen LogP contribution in [0.1, 0.15) is 18.4 Å². The van der Waals surface area contributed by atoms with Crippen molar-refractivity contribution in [1.82, 2.24) is 4.72 Å². The van der Waals surface area contributed by atoms with Gasteiger partial charge in [0.2, 0.25) is 10.0 Å². The van der Waals surface area contributed by atoms with Crippen LogP contribution in [-0.4, -0.2) is 32.0 Å². The molecular formula is C12H17FN2O2S3. The van der Waals surface area contributed by atoms with Crippen molar-refractivity contribution in [3.63, 3.8) is 0 Å². The quantitative estimate of drug-likeness (QED) is 0.560. The minimum atomic E-state index is -3.81. The van der Waals surface area contributed by atoms with Crippen molar-refractivity contribution in [2.75, 3.05) is 18.6 Å². The third-order valence-electron chi connectivity index (χ3n) is 2.58. The van der Waals surface area contributed by atoms with E-state index in [9.17, 15) is 12.8 Å². The molecule has 0 atom stereocenters. The zero-order valence-electron chi connectivity index (χ0n) is 11.1. The van der Waals surface area contributed by atoms with Crippen LogP contribution in [0.2, 0.25) is 0 Å². The summed E-state index contributed by atoms with van der Waals surface area (Å²) in [6.07, 6.45) is 3.62. The van der Waals surface area contributed by atoms with Gasteiger partial charge in [-0.1, -0.05) is 18.3 Å². The number of thiocarbonyl (C=S) groups is 1. The molecule has 0 amide bonds. The molecule has 1 aromatic rings. The summed E-state index contributed by atoms with van der Waals surface area (Å²) in [5, 5.41) is 0. The summed E-state index contributed by atoms with van der Waals surface area (Å²) in [5.74, 6) is 0.238. The maximum absolute atomic E-state index is 13.7. The van der Waals surface area contributed by atoms with Crippen LogP contribution in [0.4, 0.5) is 4.39 Å². The predicted molar refractivity (Wildman–Crippen MR) is 85.1 cm³/mol. The molecule has 4 nitrogen and oxygen atoms in total. The molecule has 112 valence electrons. The Labute approximate surface area is 128 Å². The van der Waals surface area contributed by atoms with Crippen molar-refractivity contribution in [3.8, 4) is 0 Å². The smallest absolute Gasteiger partial charge is 0.241 e. The summed E-state index contributed by atoms with van der Waals surface area (Å²) < 4.78 is 40.4. The number of nitrogens with two attached hydrogens (primary N) is 1. The van der Waals surface area contributed by atoms with Crippen molar-refractivity contribution < 1.29 is 12.8 Å². The first kappa shape index (κ1) is 17.4. The van der Waals surface area contributed by atoms with Crippen molar-refractivity contribution >= 4 is 39.0 Å². The molecule has 8 heteroatoms. The van der Waals surface area contributed by atoms with Gasteiger partial charge in [0.05, 0.1) is 10.5 Å². The molecule has 1 aromatic carbocycles. The van der Waals surface area contributed by atoms with E-state index in [2.05, 4.69) is 4.72 Å². The molecule has 3 N–H and O–H groups in total. The molecule has 0 saturated carbocycles. The molecule has 0 aliphatic rings. The highest BCUT2D eigenvalue weighted by Gasteiger charge is 2.22. The molecule has 0 bridgehead atoms. The third kappa shape index (κ3) is 4.69. The average molecular weight is 336 g/mol. The highest BCUT2D eigenvalue weighted by atomic mass is 32.2. The first-order valence-electron chi connectivity index (χ1n) is 5.97. The fraction of sp³-hybridized carbons (Fsp3) is 0.417. The van der Waals surface area contributed by atoms with Gasteiger partial charge in [-0.25, -0.2) is 17.5 Å². The SMILES string of the molecule is CSCCCCNS(=O)(=O)c1cccc(F)c1C(N)=S. The Morgan fingerprint density at radius 3 is 2.75 bits per heavy atom. The van der Waals surface area contributed by atoms with Crippen LogP contribution < -0.4 is 10.5 Å². The third-order valence-corrected chi connectivity index (χ3v) is 4.98. The van der Waals surface area contributed by atoms with Gasteiger partial charge in [0.15, 0.2) is 0 Å². The van der Waals surface area contributed by atoms with E-state index in [1.54, 1.807) is 11.8 Å². The lowest BCUT2D eigenvalue weighted by Gasteiger charge is -2.11. The Hall–Kier alpha value is -0.700. The van der Waals surface area contributed by atoms with Gasteiger partial charge in [0, 0.05) is 6.54 Å². The van der Waals surface area contributed by atoms with Gasteiger partial charge in [-0.2, -0.15) is 11.8 Å². The number of benzene rings is 1. The molecule has 0 saturated heterocycles. The second kappa shape index (κ2) is 7.92. The number of sulfonamides is 1. The summed E-state index contributed by atoms with van der Waals surface area (Å²) in [6, 6.07) is 3.74. The maximum Gasteiger partial charge on any atom is 0.241 e. The molecule has 0 fully saturated rings. The van der Waals surface area contributed by atoms with Crippen LogP contribution in [0.3, 0.4) is 0 Å². The van der Waals surface area contributed by atoms with Gasteiger partial charge in [-0.05, 0) is 37.0 Å². The van der Waals surface area contributed by atoms with Crippen molar-refractivity contribution in [2.24, 2.45) is 5.73 Å². The predicted octanol–water partition coefficient (Wildman–Crippen LogP) is 1.88. The minimum absolute atomic E-state index is 0.213. The van der Waals surface area contributed by atoms with Gasteiger partial charge < -0.3 is 5.73 Å². The van der Waals surface area contributed by atoms with Crippen LogP contribution in [0, 0.1) is 5.82 Å². The number of rotatable bonds is 8. The van der Waals surface area contributed by atoms with Gasteiger partial charge in [-0.3, -0.25) is 0 Å². The molecule has 0 spiro atoms. The number of hydrogen-bond acceptors (Lipinski definition) is 4. The Morgan fingerprint density at radius 1 is 1.45 bits per heavy atom. The van der Waals surface area contributed by atoms with E-state index >= 15 is 0 Å². The lowest BCUT2D eigenvalue weighted by molar-refractivity contribution is 0.574. The van der Waals surface area contributed by atoms with Gasteiger partial charge in [0.25, 0.3) is 0 Å². The van der Waals surface area contributed by atoms with Gasteiger partial charge in [0.1, 0.15) is 10.8 Å². The van der Waals surface area contributed by atoms with E-state index in [0.29, 0.717) is 6.54 Å². The van der Waals surface area contributed by atoms with Crippen LogP contribution in [0.15, 0.2) is 23.1 Å². The summed E-state index contributed by atoms with van der Waals surface area (Å²) in [4.78, 5) is -0.485. The maximum atomic E-state index is 13.7. The molecule has 0 radical (unpaired) electrons. The van der Waals surface area contributed by atoms with Crippen molar-refractivity contribution in [3.05, 3.63) is 29.6 Å². The first-order chi connectivity index (χ1) is 9.40. The number of thioether (sulfide) groups is 1. The monoisotopic (exact) mass is 336 g/mol. The zero-order chi connectivity index (χ0) is 15.2. The molecule has 0 heterocycles. The molecular weight excluding hydrogens is 319 g/mol. The van der Waals surface area contributed by atoms with E-state index in [4.69, 9.17) is 18.0 Å². The number of unbranched alkanes of at least 4 members (excludes halogenated alkanes) is 1. The fourth-order valence-electron chi connectivity index (χ4n) is 1.62. The van der Waals surface area contributed by atoms with Crippen LogP contribution >= 0.6 is 24.0 Å². The molecule has 0 aliphatic heterocycles. The van der Waals surface area contributed by atoms with E-state index in [0.717, 1.165) is 24.7 Å². The zero-order valence-corrected chi connectivity index (χ0v) is 13.5. The molecule has 20 heavy (non-hydrogen) atoms. The highest BCUT2D eigenvalue weighted by molar-refractivity contribution is 7.98. The summed E-state index contributed by atoms with van der Waals surface area (Å²) >= 11 is 6.42. The average Bonchev–Trinajstić information content (AvgIpc) is 2.37. The lowest BCUT2D eigenvalue weighted by Crippen LogP contribution is -2.28. The van der Waals surface area contributed by atoms with E-state index < -0.39 is 15.8 Å². The first-order valence-corrected chi connectivity index (χ1v) is 9.25. The Bertz CT molecular complexity index is 576. The Balaban J connectivity index is 2.88. The largest absolute Gasteiger partial charge is 0.389 e. The lowest BCUT2D eigenvalue weighted by atomic mass is 10.2. The number of halogens is 1. The topological polar surface area (TPSA) is 72.2 Å². The normalized spacial score (nSPS) is 11.5. The molecule has 0 aromatic heterocycles. The number of hydrogen-bond donors (Lipinski definition) is 2. The molecule has 1 rings (SSSR count). The molecule has 0 unspecified atom stereocenters. The standard InChI is InChI=1S/C12H17FN2O2S3/c1-19-8-3-2-7-15-20(16,17)10-6-4-5-9(13)11(10)12(14)18/h4-6,15H,2-3,7-8H2,1H3,(H2,14,18). The van der Waals surface area contributed by atoms with Crippen molar-refractivity contribution in [1.29, 1.82) is 0 Å². The second-order valence-electron chi connectivity index (χ2n) is 4.07. The van der Waals surface area contributed by atoms with Gasteiger partial charge >= 0.3 is 0 Å². The van der Waals surface area contributed by atoms with Gasteiger partial charge in [-0.15, -0.1) is 0 Å². The fourth-order valence-corrected chi connectivity index (χ4v) is 3.69. The van der Waals surface area contributed by atoms with Crippen molar-refractivity contribution in [2.45, 2.75) is 17.7 Å². The highest BCUT2D eigenvalue weighted by Crippen LogP contribution is 2.18. The van der Waals surface area contributed by atoms with E-state index in [1.165, 1.54) is 12.1 Å². The summed E-state index contributed by atoms with van der Waals surface area (Å²) in [7, 11) is -3.81. The number of nitrogens with one attached hydrogen (secondary N) is 1. The van der Waals surface area contributed by atoms with E-state index in [1.807, 2.05) is 6.26 Å². The molecule has 0 aliphatic carbocycles. The van der Waals surface area contributed by atoms with Crippen LogP contribution in [-0.2, 0) is 10.0 Å². The summed E-state index contributed by atoms with van der Waals surface area (Å²) in [6.45, 7) is 0.302. The van der Waals surface area contributed by atoms with E-state index in [-0.39, 0.29) is 15.4 Å². The second-order valence-corrected chi connectivity index (χ2v) is 7.24. The Morgan fingerprint density at radius 2 is 2.15 bits per heavy atom. The Kier molecular flexibility index (Phi) is 6.87. The minimum Gasteiger partial charge on any atom is -0.389 e. The van der Waals surface area contributed by atoms with Crippen LogP contribution in [0.5, 0.6) is 0 Å². The summed E-state index contributed by atoms with van der Waals surface area (Å²) in [5.41, 5.74) is 5.17.